The van der Waals surface area contributed by atoms with Crippen LogP contribution in [0.3, 0.4) is 0 Å². The molecule has 0 saturated carbocycles. The molecule has 0 aliphatic heterocycles. The van der Waals surface area contributed by atoms with Crippen molar-refractivity contribution in [1.29, 1.82) is 0 Å². The molecule has 8 heteroatoms. The number of hydrogen-bond donors (Lipinski definition) is 0. The summed E-state index contributed by atoms with van der Waals surface area (Å²) >= 11 is 1.54. The molecule has 29 heavy (non-hydrogen) atoms. The predicted octanol–water partition coefficient (Wildman–Crippen LogP) is 4.67. The van der Waals surface area contributed by atoms with E-state index in [9.17, 15) is 8.42 Å². The number of sulfonamides is 1. The van der Waals surface area contributed by atoms with Crippen molar-refractivity contribution in [3.63, 3.8) is 0 Å². The van der Waals surface area contributed by atoms with Crippen LogP contribution in [0.2, 0.25) is 0 Å². The molecule has 0 N–H and O–H groups in total. The second kappa shape index (κ2) is 8.84. The molecule has 0 aliphatic rings. The minimum atomic E-state index is -3.29. The van der Waals surface area contributed by atoms with Crippen molar-refractivity contribution in [1.82, 2.24) is 4.98 Å². The number of aromatic nitrogens is 1. The summed E-state index contributed by atoms with van der Waals surface area (Å²) in [6, 6.07) is 13.2. The molecule has 154 valence electrons. The topological polar surface area (TPSA) is 68.7 Å². The van der Waals surface area contributed by atoms with Crippen LogP contribution in [0.4, 0.5) is 5.69 Å². The molecule has 3 aromatic rings. The van der Waals surface area contributed by atoms with Gasteiger partial charge in [0.05, 0.1) is 31.4 Å². The smallest absolute Gasteiger partial charge is 0.232 e. The number of anilines is 1. The van der Waals surface area contributed by atoms with Crippen LogP contribution in [0.1, 0.15) is 13.8 Å². The van der Waals surface area contributed by atoms with E-state index in [0.717, 1.165) is 21.8 Å². The fourth-order valence-corrected chi connectivity index (χ4v) is 4.82. The zero-order valence-corrected chi connectivity index (χ0v) is 18.5. The van der Waals surface area contributed by atoms with Crippen molar-refractivity contribution < 1.29 is 17.9 Å². The molecular weight excluding hydrogens is 408 g/mol. The summed E-state index contributed by atoms with van der Waals surface area (Å²) in [7, 11) is -1.68. The first-order valence-electron chi connectivity index (χ1n) is 9.22. The highest BCUT2D eigenvalue weighted by molar-refractivity contribution is 7.92. The Bertz CT molecular complexity index is 1080. The lowest BCUT2D eigenvalue weighted by atomic mass is 10.1. The van der Waals surface area contributed by atoms with E-state index in [1.165, 1.54) is 10.6 Å². The fourth-order valence-electron chi connectivity index (χ4n) is 3.02. The second-order valence-electron chi connectivity index (χ2n) is 6.31. The van der Waals surface area contributed by atoms with Gasteiger partial charge in [0.15, 0.2) is 11.5 Å². The van der Waals surface area contributed by atoms with E-state index in [4.69, 9.17) is 14.5 Å². The van der Waals surface area contributed by atoms with Gasteiger partial charge in [-0.2, -0.15) is 0 Å². The van der Waals surface area contributed by atoms with E-state index in [0.29, 0.717) is 30.3 Å². The van der Waals surface area contributed by atoms with Gasteiger partial charge in [0.25, 0.3) is 0 Å². The normalized spacial score (nSPS) is 11.3. The van der Waals surface area contributed by atoms with E-state index >= 15 is 0 Å². The highest BCUT2D eigenvalue weighted by Gasteiger charge is 2.16. The van der Waals surface area contributed by atoms with Crippen LogP contribution >= 0.6 is 11.3 Å². The van der Waals surface area contributed by atoms with E-state index in [1.807, 2.05) is 49.6 Å². The molecule has 0 atom stereocenters. The molecule has 0 bridgehead atoms. The van der Waals surface area contributed by atoms with E-state index < -0.39 is 10.0 Å². The zero-order valence-electron chi connectivity index (χ0n) is 16.9. The summed E-state index contributed by atoms with van der Waals surface area (Å²) in [5.74, 6) is 1.38. The SMILES string of the molecule is CCOc1ccc(-c2nc(-c3ccc(N(CC)S(C)(=O)=O)cc3)cs2)cc1OC. The lowest BCUT2D eigenvalue weighted by Crippen LogP contribution is -2.29. The van der Waals surface area contributed by atoms with Crippen LogP contribution in [-0.4, -0.2) is 39.9 Å². The Morgan fingerprint density at radius 3 is 2.31 bits per heavy atom. The molecule has 0 spiro atoms. The number of nitrogens with zero attached hydrogens (tertiary/aromatic N) is 2. The number of ether oxygens (including phenoxy) is 2. The molecule has 6 nitrogen and oxygen atoms in total. The summed E-state index contributed by atoms with van der Waals surface area (Å²) in [6.45, 7) is 4.70. The first kappa shape index (κ1) is 21.1. The summed E-state index contributed by atoms with van der Waals surface area (Å²) < 4.78 is 36.1. The Hall–Kier alpha value is -2.58. The third kappa shape index (κ3) is 4.71. The minimum Gasteiger partial charge on any atom is -0.493 e. The van der Waals surface area contributed by atoms with Crippen molar-refractivity contribution in [2.75, 3.05) is 30.8 Å². The molecule has 2 aromatic carbocycles. The Kier molecular flexibility index (Phi) is 6.44. The lowest BCUT2D eigenvalue weighted by Gasteiger charge is -2.20. The van der Waals surface area contributed by atoms with Crippen molar-refractivity contribution in [2.45, 2.75) is 13.8 Å². The average molecular weight is 433 g/mol. The van der Waals surface area contributed by atoms with Crippen molar-refractivity contribution >= 4 is 27.0 Å². The number of hydrogen-bond acceptors (Lipinski definition) is 6. The van der Waals surface area contributed by atoms with Gasteiger partial charge >= 0.3 is 0 Å². The Labute approximate surface area is 175 Å². The van der Waals surface area contributed by atoms with E-state index in [1.54, 1.807) is 30.6 Å². The summed E-state index contributed by atoms with van der Waals surface area (Å²) in [6.07, 6.45) is 1.21. The maximum Gasteiger partial charge on any atom is 0.232 e. The highest BCUT2D eigenvalue weighted by atomic mass is 32.2. The largest absolute Gasteiger partial charge is 0.493 e. The minimum absolute atomic E-state index is 0.388. The Morgan fingerprint density at radius 2 is 1.72 bits per heavy atom. The highest BCUT2D eigenvalue weighted by Crippen LogP contribution is 2.35. The van der Waals surface area contributed by atoms with Crippen molar-refractivity contribution in [2.24, 2.45) is 0 Å². The van der Waals surface area contributed by atoms with Gasteiger partial charge in [-0.1, -0.05) is 12.1 Å². The number of methoxy groups -OCH3 is 1. The summed E-state index contributed by atoms with van der Waals surface area (Å²) in [5, 5.41) is 2.86. The van der Waals surface area contributed by atoms with Gasteiger partial charge in [-0.05, 0) is 44.2 Å². The molecule has 0 fully saturated rings. The standard InChI is InChI=1S/C21H24N2O4S2/c1-5-23(29(4,24)25)17-10-7-15(8-11-17)18-14-28-21(22-18)16-9-12-19(27-6-2)20(13-16)26-3/h7-14H,5-6H2,1-4H3. The number of rotatable bonds is 8. The van der Waals surface area contributed by atoms with Gasteiger partial charge in [0.1, 0.15) is 5.01 Å². The van der Waals surface area contributed by atoms with Crippen LogP contribution in [-0.2, 0) is 10.0 Å². The average Bonchev–Trinajstić information content (AvgIpc) is 3.19. The number of thiazole rings is 1. The van der Waals surface area contributed by atoms with Gasteiger partial charge in [-0.15, -0.1) is 11.3 Å². The Morgan fingerprint density at radius 1 is 1.03 bits per heavy atom. The maximum absolute atomic E-state index is 11.9. The quantitative estimate of drug-likeness (QED) is 0.517. The van der Waals surface area contributed by atoms with Gasteiger partial charge in [-0.25, -0.2) is 13.4 Å². The zero-order chi connectivity index (χ0) is 21.0. The summed E-state index contributed by atoms with van der Waals surface area (Å²) in [5.41, 5.74) is 3.36. The van der Waals surface area contributed by atoms with Gasteiger partial charge in [0, 0.05) is 23.1 Å². The van der Waals surface area contributed by atoms with Crippen LogP contribution in [0.25, 0.3) is 21.8 Å². The van der Waals surface area contributed by atoms with Gasteiger partial charge < -0.3 is 9.47 Å². The van der Waals surface area contributed by atoms with Crippen molar-refractivity contribution in [3.8, 4) is 33.3 Å². The molecule has 0 aliphatic carbocycles. The number of benzene rings is 2. The first-order chi connectivity index (χ1) is 13.9. The molecule has 1 aromatic heterocycles. The van der Waals surface area contributed by atoms with Gasteiger partial charge in [0.2, 0.25) is 10.0 Å². The van der Waals surface area contributed by atoms with E-state index in [2.05, 4.69) is 0 Å². The molecule has 0 radical (unpaired) electrons. The third-order valence-electron chi connectivity index (χ3n) is 4.35. The summed E-state index contributed by atoms with van der Waals surface area (Å²) in [4.78, 5) is 4.74. The molecule has 0 saturated heterocycles. The lowest BCUT2D eigenvalue weighted by molar-refractivity contribution is 0.311. The first-order valence-corrected chi connectivity index (χ1v) is 11.9. The van der Waals surface area contributed by atoms with E-state index in [-0.39, 0.29) is 0 Å². The predicted molar refractivity (Wildman–Crippen MR) is 119 cm³/mol. The molecular formula is C21H24N2O4S2. The van der Waals surface area contributed by atoms with Crippen LogP contribution in [0.5, 0.6) is 11.5 Å². The molecule has 3 rings (SSSR count). The fraction of sp³-hybridized carbons (Fsp3) is 0.286. The molecule has 0 amide bonds. The van der Waals surface area contributed by atoms with Crippen LogP contribution in [0, 0.1) is 0 Å². The monoisotopic (exact) mass is 432 g/mol. The maximum atomic E-state index is 11.9. The third-order valence-corrected chi connectivity index (χ3v) is 6.51. The van der Waals surface area contributed by atoms with Crippen LogP contribution in [0.15, 0.2) is 47.8 Å². The van der Waals surface area contributed by atoms with Crippen molar-refractivity contribution in [3.05, 3.63) is 47.8 Å². The second-order valence-corrected chi connectivity index (χ2v) is 9.08. The van der Waals surface area contributed by atoms with Gasteiger partial charge in [-0.3, -0.25) is 4.31 Å². The Balaban J connectivity index is 1.87. The van der Waals surface area contributed by atoms with Crippen LogP contribution < -0.4 is 13.8 Å². The molecule has 0 unspecified atom stereocenters. The molecule has 1 heterocycles.